The van der Waals surface area contributed by atoms with E-state index >= 15 is 0 Å². The number of hydrogen-bond donors (Lipinski definition) is 2. The molecule has 0 bridgehead atoms. The summed E-state index contributed by atoms with van der Waals surface area (Å²) in [5.41, 5.74) is 3.50. The van der Waals surface area contributed by atoms with Crippen LogP contribution >= 0.6 is 0 Å². The topological polar surface area (TPSA) is 87.7 Å². The molecule has 0 aliphatic rings. The van der Waals surface area contributed by atoms with E-state index in [0.717, 1.165) is 22.3 Å². The summed E-state index contributed by atoms with van der Waals surface area (Å²) in [6, 6.07) is 11.3. The van der Waals surface area contributed by atoms with E-state index < -0.39 is 23.8 Å². The van der Waals surface area contributed by atoms with Gasteiger partial charge in [-0.15, -0.1) is 0 Å². The molecule has 2 aromatic rings. The van der Waals surface area contributed by atoms with Gasteiger partial charge in [-0.05, 0) is 89.6 Å². The van der Waals surface area contributed by atoms with E-state index in [4.69, 9.17) is 4.74 Å². The summed E-state index contributed by atoms with van der Waals surface area (Å²) in [5.74, 6) is -0.818. The van der Waals surface area contributed by atoms with Gasteiger partial charge in [0, 0.05) is 11.7 Å². The van der Waals surface area contributed by atoms with Crippen molar-refractivity contribution in [1.82, 2.24) is 10.2 Å². The number of anilines is 1. The second-order valence-corrected chi connectivity index (χ2v) is 11.4. The highest BCUT2D eigenvalue weighted by Crippen LogP contribution is 2.32. The zero-order valence-corrected chi connectivity index (χ0v) is 24.6. The SMILES string of the molecule is CCC(C)C(NC(=O)OC(C)(C)C)C(=O)N(C(C)C)C(C(=O)Nc1ccccc1C)c1c(C)cccc1C. The third-order valence-electron chi connectivity index (χ3n) is 6.71. The molecule has 0 saturated carbocycles. The molecule has 0 saturated heterocycles. The van der Waals surface area contributed by atoms with Crippen LogP contribution in [0.5, 0.6) is 0 Å². The molecule has 0 spiro atoms. The van der Waals surface area contributed by atoms with Crippen LogP contribution in [0.15, 0.2) is 42.5 Å². The molecular weight excluding hydrogens is 478 g/mol. The van der Waals surface area contributed by atoms with Gasteiger partial charge < -0.3 is 20.3 Å². The van der Waals surface area contributed by atoms with Crippen LogP contribution in [0, 0.1) is 26.7 Å². The Labute approximate surface area is 228 Å². The molecule has 3 atom stereocenters. The summed E-state index contributed by atoms with van der Waals surface area (Å²) in [4.78, 5) is 42.8. The van der Waals surface area contributed by atoms with Gasteiger partial charge in [0.25, 0.3) is 5.91 Å². The zero-order valence-electron chi connectivity index (χ0n) is 24.6. The van der Waals surface area contributed by atoms with E-state index in [1.807, 2.05) is 90.9 Å². The summed E-state index contributed by atoms with van der Waals surface area (Å²) in [5, 5.41) is 5.87. The number of hydrogen-bond acceptors (Lipinski definition) is 4. The van der Waals surface area contributed by atoms with Gasteiger partial charge in [0.2, 0.25) is 5.91 Å². The highest BCUT2D eigenvalue weighted by atomic mass is 16.6. The summed E-state index contributed by atoms with van der Waals surface area (Å²) in [7, 11) is 0. The Kier molecular flexibility index (Phi) is 10.5. The lowest BCUT2D eigenvalue weighted by atomic mass is 9.91. The average molecular weight is 524 g/mol. The number of amides is 3. The van der Waals surface area contributed by atoms with Crippen LogP contribution in [-0.2, 0) is 14.3 Å². The van der Waals surface area contributed by atoms with Crippen molar-refractivity contribution in [2.24, 2.45) is 5.92 Å². The largest absolute Gasteiger partial charge is 0.444 e. The quantitative estimate of drug-likeness (QED) is 0.394. The van der Waals surface area contributed by atoms with E-state index in [1.54, 1.807) is 25.7 Å². The van der Waals surface area contributed by atoms with Crippen molar-refractivity contribution in [2.45, 2.75) is 99.4 Å². The van der Waals surface area contributed by atoms with Gasteiger partial charge in [-0.2, -0.15) is 0 Å². The maximum absolute atomic E-state index is 14.3. The summed E-state index contributed by atoms with van der Waals surface area (Å²) >= 11 is 0. The lowest BCUT2D eigenvalue weighted by Gasteiger charge is -2.39. The van der Waals surface area contributed by atoms with Crippen molar-refractivity contribution in [3.05, 3.63) is 64.7 Å². The molecule has 7 nitrogen and oxygen atoms in total. The van der Waals surface area contributed by atoms with Crippen LogP contribution in [-0.4, -0.2) is 40.5 Å². The predicted molar refractivity (Wildman–Crippen MR) is 153 cm³/mol. The van der Waals surface area contributed by atoms with Gasteiger partial charge in [0.05, 0.1) is 0 Å². The van der Waals surface area contributed by atoms with E-state index in [9.17, 15) is 14.4 Å². The lowest BCUT2D eigenvalue weighted by Crippen LogP contribution is -2.56. The Morgan fingerprint density at radius 2 is 1.45 bits per heavy atom. The molecule has 38 heavy (non-hydrogen) atoms. The Morgan fingerprint density at radius 3 is 1.95 bits per heavy atom. The fourth-order valence-electron chi connectivity index (χ4n) is 4.53. The van der Waals surface area contributed by atoms with Crippen molar-refractivity contribution < 1.29 is 19.1 Å². The van der Waals surface area contributed by atoms with Crippen LogP contribution in [0.3, 0.4) is 0 Å². The fourth-order valence-corrected chi connectivity index (χ4v) is 4.53. The molecule has 0 aliphatic carbocycles. The minimum absolute atomic E-state index is 0.186. The first-order valence-corrected chi connectivity index (χ1v) is 13.4. The molecule has 2 N–H and O–H groups in total. The van der Waals surface area contributed by atoms with Crippen LogP contribution in [0.25, 0.3) is 0 Å². The third kappa shape index (κ3) is 7.83. The third-order valence-corrected chi connectivity index (χ3v) is 6.71. The van der Waals surface area contributed by atoms with Gasteiger partial charge in [0.15, 0.2) is 0 Å². The van der Waals surface area contributed by atoms with Gasteiger partial charge in [0.1, 0.15) is 17.7 Å². The highest BCUT2D eigenvalue weighted by molar-refractivity contribution is 6.00. The number of carbonyl (C=O) groups is 3. The molecule has 7 heteroatoms. The molecule has 208 valence electrons. The second kappa shape index (κ2) is 12.9. The standard InChI is InChI=1S/C31H45N3O4/c1-11-20(4)26(33-30(37)38-31(8,9)10)29(36)34(19(2)3)27(25-22(6)16-14-17-23(25)7)28(35)32-24-18-13-12-15-21(24)5/h12-20,26-27H,11H2,1-10H3,(H,32,35)(H,33,37). The van der Waals surface area contributed by atoms with Gasteiger partial charge in [-0.1, -0.05) is 56.7 Å². The molecule has 0 aromatic heterocycles. The molecule has 0 fully saturated rings. The second-order valence-electron chi connectivity index (χ2n) is 11.4. The van der Waals surface area contributed by atoms with Crippen molar-refractivity contribution in [1.29, 1.82) is 0 Å². The number of nitrogens with one attached hydrogen (secondary N) is 2. The molecule has 3 unspecified atom stereocenters. The van der Waals surface area contributed by atoms with Crippen LogP contribution in [0.2, 0.25) is 0 Å². The predicted octanol–water partition coefficient (Wildman–Crippen LogP) is 6.47. The molecule has 3 amide bonds. The average Bonchev–Trinajstić information content (AvgIpc) is 2.81. The normalized spacial score (nSPS) is 13.9. The Morgan fingerprint density at radius 1 is 0.895 bits per heavy atom. The van der Waals surface area contributed by atoms with E-state index in [0.29, 0.717) is 12.1 Å². The zero-order chi connectivity index (χ0) is 28.8. The fraction of sp³-hybridized carbons (Fsp3) is 0.516. The summed E-state index contributed by atoms with van der Waals surface area (Å²) in [6.07, 6.45) is -0.00504. The summed E-state index contributed by atoms with van der Waals surface area (Å²) in [6.45, 7) is 18.8. The molecule has 0 heterocycles. The Hall–Kier alpha value is -3.35. The highest BCUT2D eigenvalue weighted by Gasteiger charge is 2.40. The maximum Gasteiger partial charge on any atom is 0.408 e. The minimum Gasteiger partial charge on any atom is -0.444 e. The molecule has 2 rings (SSSR count). The van der Waals surface area contributed by atoms with Gasteiger partial charge >= 0.3 is 6.09 Å². The number of rotatable bonds is 9. The molecule has 0 radical (unpaired) electrons. The van der Waals surface area contributed by atoms with Crippen molar-refractivity contribution in [3.8, 4) is 0 Å². The monoisotopic (exact) mass is 523 g/mol. The number of para-hydroxylation sites is 1. The van der Waals surface area contributed by atoms with Gasteiger partial charge in [-0.25, -0.2) is 4.79 Å². The number of ether oxygens (including phenoxy) is 1. The Bertz CT molecular complexity index is 1120. The number of carbonyl (C=O) groups excluding carboxylic acids is 3. The number of nitrogens with zero attached hydrogens (tertiary/aromatic N) is 1. The maximum atomic E-state index is 14.3. The first kappa shape index (κ1) is 30.9. The lowest BCUT2D eigenvalue weighted by molar-refractivity contribution is -0.144. The van der Waals surface area contributed by atoms with Gasteiger partial charge in [-0.3, -0.25) is 9.59 Å². The van der Waals surface area contributed by atoms with Crippen molar-refractivity contribution in [3.63, 3.8) is 0 Å². The summed E-state index contributed by atoms with van der Waals surface area (Å²) < 4.78 is 5.48. The molecule has 2 aromatic carbocycles. The van der Waals surface area contributed by atoms with Crippen molar-refractivity contribution in [2.75, 3.05) is 5.32 Å². The first-order valence-electron chi connectivity index (χ1n) is 13.4. The van der Waals surface area contributed by atoms with E-state index in [1.165, 1.54) is 0 Å². The van der Waals surface area contributed by atoms with Crippen LogP contribution in [0.1, 0.15) is 83.2 Å². The minimum atomic E-state index is -0.907. The Balaban J connectivity index is 2.62. The first-order chi connectivity index (χ1) is 17.7. The number of benzene rings is 2. The number of aryl methyl sites for hydroxylation is 3. The van der Waals surface area contributed by atoms with Crippen LogP contribution in [0.4, 0.5) is 10.5 Å². The molecule has 0 aliphatic heterocycles. The number of alkyl carbamates (subject to hydrolysis) is 1. The molecular formula is C31H45N3O4. The van der Waals surface area contributed by atoms with E-state index in [2.05, 4.69) is 10.6 Å². The van der Waals surface area contributed by atoms with Crippen molar-refractivity contribution >= 4 is 23.6 Å². The van der Waals surface area contributed by atoms with E-state index in [-0.39, 0.29) is 23.8 Å². The van der Waals surface area contributed by atoms with Crippen LogP contribution < -0.4 is 10.6 Å². The smallest absolute Gasteiger partial charge is 0.408 e.